The molecular formula is C34H65NO2. The van der Waals surface area contributed by atoms with E-state index in [2.05, 4.69) is 26.0 Å². The number of amides is 1. The molecule has 0 saturated heterocycles. The van der Waals surface area contributed by atoms with E-state index in [0.717, 1.165) is 25.7 Å². The van der Waals surface area contributed by atoms with Gasteiger partial charge in [-0.05, 0) is 38.5 Å². The number of carbonyl (C=O) groups excluding carboxylic acids is 2. The third-order valence-electron chi connectivity index (χ3n) is 7.76. The molecule has 0 aromatic rings. The molecule has 37 heavy (non-hydrogen) atoms. The van der Waals surface area contributed by atoms with Gasteiger partial charge in [-0.15, -0.1) is 0 Å². The number of Topliss-reactive ketones (excluding diaryl/α,β-unsaturated/α-hetero) is 1. The van der Waals surface area contributed by atoms with E-state index >= 15 is 0 Å². The Kier molecular flexibility index (Phi) is 28.5. The minimum Gasteiger partial charge on any atom is -0.369 e. The first-order valence-corrected chi connectivity index (χ1v) is 16.6. The number of ketones is 1. The zero-order valence-electron chi connectivity index (χ0n) is 25.2. The second-order valence-electron chi connectivity index (χ2n) is 11.4. The number of allylic oxidation sites excluding steroid dienone is 2. The van der Waals surface area contributed by atoms with Gasteiger partial charge >= 0.3 is 0 Å². The van der Waals surface area contributed by atoms with Crippen molar-refractivity contribution in [2.75, 3.05) is 0 Å². The zero-order chi connectivity index (χ0) is 27.2. The molecule has 0 saturated carbocycles. The van der Waals surface area contributed by atoms with Crippen molar-refractivity contribution in [2.24, 2.45) is 11.7 Å². The fraction of sp³-hybridized carbons (Fsp3) is 0.882. The lowest BCUT2D eigenvalue weighted by molar-refractivity contribution is -0.132. The van der Waals surface area contributed by atoms with Crippen molar-refractivity contribution in [1.82, 2.24) is 0 Å². The number of primary amides is 1. The van der Waals surface area contributed by atoms with Crippen LogP contribution in [0.1, 0.15) is 187 Å². The summed E-state index contributed by atoms with van der Waals surface area (Å²) >= 11 is 0. The summed E-state index contributed by atoms with van der Waals surface area (Å²) in [5.41, 5.74) is 5.57. The first kappa shape index (κ1) is 35.9. The van der Waals surface area contributed by atoms with Gasteiger partial charge in [-0.3, -0.25) is 9.59 Å². The molecule has 0 bridgehead atoms. The maximum absolute atomic E-state index is 12.5. The van der Waals surface area contributed by atoms with Gasteiger partial charge in [-0.25, -0.2) is 0 Å². The molecule has 0 aliphatic rings. The van der Waals surface area contributed by atoms with Crippen LogP contribution in [-0.4, -0.2) is 11.7 Å². The monoisotopic (exact) mass is 520 g/mol. The van der Waals surface area contributed by atoms with Crippen LogP contribution in [0.2, 0.25) is 0 Å². The van der Waals surface area contributed by atoms with Crippen LogP contribution in [0.15, 0.2) is 12.2 Å². The molecule has 0 aromatic carbocycles. The van der Waals surface area contributed by atoms with Crippen LogP contribution in [0, 0.1) is 5.92 Å². The van der Waals surface area contributed by atoms with Gasteiger partial charge < -0.3 is 5.73 Å². The lowest BCUT2D eigenvalue weighted by Crippen LogP contribution is -2.30. The molecule has 0 rings (SSSR count). The minimum atomic E-state index is -0.556. The molecule has 0 spiro atoms. The molecule has 0 aromatic heterocycles. The lowest BCUT2D eigenvalue weighted by Gasteiger charge is -2.12. The van der Waals surface area contributed by atoms with Gasteiger partial charge in [-0.1, -0.05) is 154 Å². The molecule has 1 unspecified atom stereocenters. The summed E-state index contributed by atoms with van der Waals surface area (Å²) in [6, 6.07) is 0. The predicted octanol–water partition coefficient (Wildman–Crippen LogP) is 10.8. The molecule has 0 radical (unpaired) electrons. The SMILES string of the molecule is CCCCCCCC/C=C\CCCCCCCC(=O)C(CCCCCCCCCCCCCC)C(N)=O. The van der Waals surface area contributed by atoms with Crippen LogP contribution in [-0.2, 0) is 9.59 Å². The third kappa shape index (κ3) is 26.3. The van der Waals surface area contributed by atoms with Crippen molar-refractivity contribution in [2.45, 2.75) is 187 Å². The van der Waals surface area contributed by atoms with Crippen LogP contribution in [0.4, 0.5) is 0 Å². The van der Waals surface area contributed by atoms with Gasteiger partial charge in [0.05, 0.1) is 5.92 Å². The average Bonchev–Trinajstić information content (AvgIpc) is 2.88. The van der Waals surface area contributed by atoms with E-state index in [1.165, 1.54) is 135 Å². The van der Waals surface area contributed by atoms with E-state index in [0.29, 0.717) is 12.8 Å². The summed E-state index contributed by atoms with van der Waals surface area (Å²) in [6.45, 7) is 4.53. The Labute approximate surface area is 232 Å². The molecule has 2 N–H and O–H groups in total. The van der Waals surface area contributed by atoms with Gasteiger partial charge in [0.1, 0.15) is 5.78 Å². The fourth-order valence-electron chi connectivity index (χ4n) is 5.20. The average molecular weight is 520 g/mol. The van der Waals surface area contributed by atoms with E-state index in [1.807, 2.05) is 0 Å². The van der Waals surface area contributed by atoms with Gasteiger partial charge in [0.2, 0.25) is 5.91 Å². The maximum Gasteiger partial charge on any atom is 0.227 e. The molecule has 1 amide bonds. The molecule has 0 fully saturated rings. The Morgan fingerprint density at radius 2 is 0.865 bits per heavy atom. The van der Waals surface area contributed by atoms with E-state index in [4.69, 9.17) is 5.73 Å². The van der Waals surface area contributed by atoms with E-state index < -0.39 is 11.8 Å². The smallest absolute Gasteiger partial charge is 0.227 e. The van der Waals surface area contributed by atoms with Crippen molar-refractivity contribution < 1.29 is 9.59 Å². The van der Waals surface area contributed by atoms with E-state index in [1.54, 1.807) is 0 Å². The molecule has 0 aliphatic carbocycles. The first-order chi connectivity index (χ1) is 18.1. The molecule has 218 valence electrons. The van der Waals surface area contributed by atoms with Gasteiger partial charge in [0.25, 0.3) is 0 Å². The summed E-state index contributed by atoms with van der Waals surface area (Å²) in [5, 5.41) is 0. The van der Waals surface area contributed by atoms with Crippen LogP contribution < -0.4 is 5.73 Å². The summed E-state index contributed by atoms with van der Waals surface area (Å²) < 4.78 is 0. The number of unbranched alkanes of at least 4 members (excludes halogenated alkanes) is 22. The molecule has 3 heteroatoms. The summed E-state index contributed by atoms with van der Waals surface area (Å²) in [4.78, 5) is 24.4. The Bertz CT molecular complexity index is 528. The van der Waals surface area contributed by atoms with Gasteiger partial charge in [0.15, 0.2) is 0 Å². The number of nitrogens with two attached hydrogens (primary N) is 1. The number of carbonyl (C=O) groups is 2. The molecule has 1 atom stereocenters. The van der Waals surface area contributed by atoms with Crippen LogP contribution in [0.3, 0.4) is 0 Å². The highest BCUT2D eigenvalue weighted by Gasteiger charge is 2.22. The Hall–Kier alpha value is -1.12. The molecular weight excluding hydrogens is 454 g/mol. The summed E-state index contributed by atoms with van der Waals surface area (Å²) in [7, 11) is 0. The van der Waals surface area contributed by atoms with Crippen LogP contribution in [0.25, 0.3) is 0 Å². The predicted molar refractivity (Wildman–Crippen MR) is 163 cm³/mol. The Morgan fingerprint density at radius 3 is 1.27 bits per heavy atom. The van der Waals surface area contributed by atoms with Crippen molar-refractivity contribution in [3.63, 3.8) is 0 Å². The van der Waals surface area contributed by atoms with E-state index in [-0.39, 0.29) is 5.78 Å². The van der Waals surface area contributed by atoms with Gasteiger partial charge in [-0.2, -0.15) is 0 Å². The molecule has 0 heterocycles. The number of rotatable bonds is 30. The summed E-state index contributed by atoms with van der Waals surface area (Å²) in [5.74, 6) is -0.895. The van der Waals surface area contributed by atoms with Gasteiger partial charge in [0, 0.05) is 6.42 Å². The second-order valence-corrected chi connectivity index (χ2v) is 11.4. The quantitative estimate of drug-likeness (QED) is 0.0582. The van der Waals surface area contributed by atoms with Crippen molar-refractivity contribution in [3.05, 3.63) is 12.2 Å². The highest BCUT2D eigenvalue weighted by molar-refractivity contribution is 6.00. The molecule has 3 nitrogen and oxygen atoms in total. The highest BCUT2D eigenvalue weighted by atomic mass is 16.2. The fourth-order valence-corrected chi connectivity index (χ4v) is 5.20. The maximum atomic E-state index is 12.5. The second kappa shape index (κ2) is 29.4. The van der Waals surface area contributed by atoms with Crippen molar-refractivity contribution in [3.8, 4) is 0 Å². The highest BCUT2D eigenvalue weighted by Crippen LogP contribution is 2.18. The van der Waals surface area contributed by atoms with Crippen molar-refractivity contribution >= 4 is 11.7 Å². The minimum absolute atomic E-state index is 0.0770. The molecule has 0 aliphatic heterocycles. The topological polar surface area (TPSA) is 60.2 Å². The Morgan fingerprint density at radius 1 is 0.514 bits per heavy atom. The summed E-state index contributed by atoms with van der Waals surface area (Å²) in [6.07, 6.45) is 37.6. The largest absolute Gasteiger partial charge is 0.369 e. The standard InChI is InChI=1S/C34H65NO2/c1-3-5-7-9-11-13-15-17-18-19-21-23-25-27-29-31-33(36)32(34(35)37)30-28-26-24-22-20-16-14-12-10-8-6-4-2/h17-18,32H,3-16,19-31H2,1-2H3,(H2,35,37)/b18-17-. The van der Waals surface area contributed by atoms with Crippen LogP contribution >= 0.6 is 0 Å². The normalized spacial score (nSPS) is 12.4. The van der Waals surface area contributed by atoms with Crippen LogP contribution in [0.5, 0.6) is 0 Å². The zero-order valence-corrected chi connectivity index (χ0v) is 25.2. The van der Waals surface area contributed by atoms with E-state index in [9.17, 15) is 9.59 Å². The third-order valence-corrected chi connectivity index (χ3v) is 7.76. The Balaban J connectivity index is 3.60. The first-order valence-electron chi connectivity index (χ1n) is 16.6. The number of hydrogen-bond acceptors (Lipinski definition) is 2. The number of hydrogen-bond donors (Lipinski definition) is 1. The lowest BCUT2D eigenvalue weighted by atomic mass is 9.92. The van der Waals surface area contributed by atoms with Crippen molar-refractivity contribution in [1.29, 1.82) is 0 Å².